The number of aromatic nitrogens is 2. The number of hydrogen-bond donors (Lipinski definition) is 2. The van der Waals surface area contributed by atoms with Crippen LogP contribution in [-0.4, -0.2) is 20.9 Å². The number of carbonyl (C=O) groups is 1. The minimum absolute atomic E-state index is 0.188. The fourth-order valence-electron chi connectivity index (χ4n) is 2.66. The number of aryl methyl sites for hydroxylation is 3. The molecular weight excluding hydrogens is 266 g/mol. The van der Waals surface area contributed by atoms with Crippen molar-refractivity contribution in [2.45, 2.75) is 26.8 Å². The van der Waals surface area contributed by atoms with Gasteiger partial charge in [-0.05, 0) is 38.0 Å². The lowest BCUT2D eigenvalue weighted by atomic mass is 9.97. The van der Waals surface area contributed by atoms with E-state index in [-0.39, 0.29) is 11.7 Å². The lowest BCUT2D eigenvalue weighted by Crippen LogP contribution is -2.24. The Labute approximate surface area is 122 Å². The Morgan fingerprint density at radius 2 is 2.05 bits per heavy atom. The molecule has 21 heavy (non-hydrogen) atoms. The second kappa shape index (κ2) is 4.77. The number of rotatable bonds is 2. The van der Waals surface area contributed by atoms with Gasteiger partial charge in [-0.1, -0.05) is 23.8 Å². The average Bonchev–Trinajstić information content (AvgIpc) is 2.80. The Morgan fingerprint density at radius 3 is 2.76 bits per heavy atom. The molecule has 0 aliphatic carbocycles. The highest BCUT2D eigenvalue weighted by Gasteiger charge is 2.26. The topological polar surface area (TPSA) is 67.2 Å². The van der Waals surface area contributed by atoms with Gasteiger partial charge in [-0.3, -0.25) is 0 Å². The van der Waals surface area contributed by atoms with Crippen molar-refractivity contribution in [2.24, 2.45) is 0 Å². The first-order chi connectivity index (χ1) is 9.95. The van der Waals surface area contributed by atoms with E-state index in [9.17, 15) is 9.90 Å². The first-order valence-electron chi connectivity index (χ1n) is 6.81. The third kappa shape index (κ3) is 2.31. The van der Waals surface area contributed by atoms with Gasteiger partial charge in [0.05, 0.1) is 5.69 Å². The Morgan fingerprint density at radius 1 is 1.29 bits per heavy atom. The van der Waals surface area contributed by atoms with E-state index in [1.54, 1.807) is 6.08 Å². The molecule has 108 valence electrons. The fraction of sp³-hybridized carbons (Fsp3) is 0.250. The number of anilines is 1. The molecule has 1 atom stereocenters. The van der Waals surface area contributed by atoms with Crippen LogP contribution in [-0.2, 0) is 4.79 Å². The Kier molecular flexibility index (Phi) is 3.05. The van der Waals surface area contributed by atoms with Gasteiger partial charge < -0.3 is 10.4 Å². The van der Waals surface area contributed by atoms with Crippen LogP contribution < -0.4 is 5.32 Å². The van der Waals surface area contributed by atoms with Crippen molar-refractivity contribution >= 4 is 11.8 Å². The Bertz CT molecular complexity index is 759. The van der Waals surface area contributed by atoms with Crippen molar-refractivity contribution in [3.05, 3.63) is 58.4 Å². The highest BCUT2D eigenvalue weighted by atomic mass is 16.4. The van der Waals surface area contributed by atoms with Crippen LogP contribution in [0.1, 0.15) is 28.4 Å². The van der Waals surface area contributed by atoms with E-state index >= 15 is 0 Å². The summed E-state index contributed by atoms with van der Waals surface area (Å²) in [6.07, 6.45) is 1.71. The van der Waals surface area contributed by atoms with E-state index in [0.29, 0.717) is 5.82 Å². The van der Waals surface area contributed by atoms with Crippen LogP contribution in [0, 0.1) is 20.8 Å². The molecule has 0 fully saturated rings. The SMILES string of the molecule is Cc1ccc(C)c(C2C=C(C(=O)O)Nc3cc(C)nn32)c1. The van der Waals surface area contributed by atoms with Gasteiger partial charge in [0.15, 0.2) is 0 Å². The molecule has 1 aromatic carbocycles. The maximum atomic E-state index is 11.3. The number of benzene rings is 1. The van der Waals surface area contributed by atoms with Gasteiger partial charge in [0, 0.05) is 6.07 Å². The number of hydrogen-bond acceptors (Lipinski definition) is 3. The van der Waals surface area contributed by atoms with E-state index in [1.165, 1.54) is 0 Å². The summed E-state index contributed by atoms with van der Waals surface area (Å²) in [6.45, 7) is 5.95. The molecule has 1 aliphatic heterocycles. The van der Waals surface area contributed by atoms with Crippen molar-refractivity contribution in [1.29, 1.82) is 0 Å². The lowest BCUT2D eigenvalue weighted by molar-refractivity contribution is -0.132. The molecule has 3 rings (SSSR count). The molecule has 1 aliphatic rings. The summed E-state index contributed by atoms with van der Waals surface area (Å²) in [5, 5.41) is 16.7. The zero-order valence-electron chi connectivity index (χ0n) is 12.2. The van der Waals surface area contributed by atoms with E-state index in [1.807, 2.05) is 31.5 Å². The molecule has 0 amide bonds. The van der Waals surface area contributed by atoms with Gasteiger partial charge in [-0.2, -0.15) is 5.10 Å². The van der Waals surface area contributed by atoms with Crippen LogP contribution in [0.5, 0.6) is 0 Å². The third-order valence-electron chi connectivity index (χ3n) is 3.69. The smallest absolute Gasteiger partial charge is 0.352 e. The predicted octanol–water partition coefficient (Wildman–Crippen LogP) is 2.79. The van der Waals surface area contributed by atoms with Crippen molar-refractivity contribution in [3.63, 3.8) is 0 Å². The zero-order valence-corrected chi connectivity index (χ0v) is 12.2. The highest BCUT2D eigenvalue weighted by molar-refractivity contribution is 5.90. The molecule has 2 N–H and O–H groups in total. The minimum atomic E-state index is -0.963. The number of carboxylic acid groups (broad SMARTS) is 1. The molecular formula is C16H17N3O2. The van der Waals surface area contributed by atoms with Gasteiger partial charge in [-0.15, -0.1) is 0 Å². The van der Waals surface area contributed by atoms with Crippen LogP contribution in [0.15, 0.2) is 36.0 Å². The Balaban J connectivity index is 2.19. The molecule has 2 aromatic rings. The van der Waals surface area contributed by atoms with E-state index in [0.717, 1.165) is 22.4 Å². The second-order valence-electron chi connectivity index (χ2n) is 5.43. The van der Waals surface area contributed by atoms with Crippen LogP contribution in [0.4, 0.5) is 5.82 Å². The van der Waals surface area contributed by atoms with Crippen LogP contribution in [0.2, 0.25) is 0 Å². The Hall–Kier alpha value is -2.56. The van der Waals surface area contributed by atoms with Gasteiger partial charge in [0.1, 0.15) is 17.6 Å². The summed E-state index contributed by atoms with van der Waals surface area (Å²) >= 11 is 0. The predicted molar refractivity (Wildman–Crippen MR) is 80.4 cm³/mol. The highest BCUT2D eigenvalue weighted by Crippen LogP contribution is 2.32. The molecule has 0 radical (unpaired) electrons. The zero-order chi connectivity index (χ0) is 15.1. The number of nitrogens with zero attached hydrogens (tertiary/aromatic N) is 2. The number of aliphatic carboxylic acids is 1. The summed E-state index contributed by atoms with van der Waals surface area (Å²) in [5.41, 5.74) is 4.37. The van der Waals surface area contributed by atoms with E-state index < -0.39 is 5.97 Å². The number of allylic oxidation sites excluding steroid dienone is 1. The van der Waals surface area contributed by atoms with Gasteiger partial charge in [0.25, 0.3) is 0 Å². The van der Waals surface area contributed by atoms with Gasteiger partial charge in [-0.25, -0.2) is 9.48 Å². The fourth-order valence-corrected chi connectivity index (χ4v) is 2.66. The maximum Gasteiger partial charge on any atom is 0.352 e. The van der Waals surface area contributed by atoms with Crippen LogP contribution >= 0.6 is 0 Å². The molecule has 0 spiro atoms. The summed E-state index contributed by atoms with van der Waals surface area (Å²) < 4.78 is 1.84. The molecule has 0 saturated carbocycles. The summed E-state index contributed by atoms with van der Waals surface area (Å²) in [4.78, 5) is 11.3. The molecule has 5 heteroatoms. The number of carboxylic acids is 1. The largest absolute Gasteiger partial charge is 0.477 e. The van der Waals surface area contributed by atoms with Crippen molar-refractivity contribution in [2.75, 3.05) is 5.32 Å². The quantitative estimate of drug-likeness (QED) is 0.889. The molecule has 0 saturated heterocycles. The van der Waals surface area contributed by atoms with E-state index in [2.05, 4.69) is 28.6 Å². The molecule has 5 nitrogen and oxygen atoms in total. The monoisotopic (exact) mass is 283 g/mol. The average molecular weight is 283 g/mol. The normalized spacial score (nSPS) is 16.9. The van der Waals surface area contributed by atoms with Crippen molar-refractivity contribution in [1.82, 2.24) is 9.78 Å². The summed E-state index contributed by atoms with van der Waals surface area (Å²) in [7, 11) is 0. The van der Waals surface area contributed by atoms with Crippen molar-refractivity contribution in [3.8, 4) is 0 Å². The van der Waals surface area contributed by atoms with Crippen molar-refractivity contribution < 1.29 is 9.90 Å². The van der Waals surface area contributed by atoms with Crippen LogP contribution in [0.3, 0.4) is 0 Å². The third-order valence-corrected chi connectivity index (χ3v) is 3.69. The summed E-state index contributed by atoms with van der Waals surface area (Å²) in [6, 6.07) is 7.84. The van der Waals surface area contributed by atoms with E-state index in [4.69, 9.17) is 0 Å². The standard InChI is InChI=1S/C16H17N3O2/c1-9-4-5-10(2)12(6-9)14-8-13(16(20)21)17-15-7-11(3)18-19(14)15/h4-8,14,17H,1-3H3,(H,20,21). The molecule has 1 unspecified atom stereocenters. The minimum Gasteiger partial charge on any atom is -0.477 e. The van der Waals surface area contributed by atoms with Gasteiger partial charge in [0.2, 0.25) is 0 Å². The first kappa shape index (κ1) is 13.4. The second-order valence-corrected chi connectivity index (χ2v) is 5.43. The first-order valence-corrected chi connectivity index (χ1v) is 6.81. The van der Waals surface area contributed by atoms with Crippen LogP contribution in [0.25, 0.3) is 0 Å². The number of fused-ring (bicyclic) bond motifs is 1. The summed E-state index contributed by atoms with van der Waals surface area (Å²) in [5.74, 6) is -0.256. The molecule has 0 bridgehead atoms. The molecule has 2 heterocycles. The maximum absolute atomic E-state index is 11.3. The lowest BCUT2D eigenvalue weighted by Gasteiger charge is -2.25. The molecule has 1 aromatic heterocycles. The van der Waals surface area contributed by atoms with Gasteiger partial charge >= 0.3 is 5.97 Å². The number of nitrogens with one attached hydrogen (secondary N) is 1.